The van der Waals surface area contributed by atoms with Crippen LogP contribution in [0.15, 0.2) is 78.0 Å². The van der Waals surface area contributed by atoms with E-state index < -0.39 is 10.0 Å². The maximum atomic E-state index is 13.9. The monoisotopic (exact) mass is 483 g/mol. The molecule has 0 saturated carbocycles. The molecule has 0 amide bonds. The number of tetrazole rings is 1. The first-order valence-corrected chi connectivity index (χ1v) is 12.4. The molecule has 6 aromatic rings. The molecule has 10 heteroatoms. The molecule has 0 spiro atoms. The Kier molecular flexibility index (Phi) is 4.61. The molecule has 4 heterocycles. The third-order valence-corrected chi connectivity index (χ3v) is 7.83. The fourth-order valence-electron chi connectivity index (χ4n) is 4.39. The van der Waals surface area contributed by atoms with Crippen LogP contribution in [-0.2, 0) is 24.1 Å². The lowest BCUT2D eigenvalue weighted by Crippen LogP contribution is -2.14. The lowest BCUT2D eigenvalue weighted by molar-refractivity contribution is 0.589. The second-order valence-corrected chi connectivity index (χ2v) is 10.3. The zero-order valence-electron chi connectivity index (χ0n) is 19.3. The summed E-state index contributed by atoms with van der Waals surface area (Å²) in [5.41, 5.74) is 4.41. The van der Waals surface area contributed by atoms with Crippen molar-refractivity contribution in [1.29, 1.82) is 0 Å². The minimum Gasteiger partial charge on any atom is -0.350 e. The average molecular weight is 484 g/mol. The van der Waals surface area contributed by atoms with Gasteiger partial charge in [-0.05, 0) is 60.7 Å². The maximum Gasteiger partial charge on any atom is 0.269 e. The van der Waals surface area contributed by atoms with Gasteiger partial charge < -0.3 is 4.57 Å². The van der Waals surface area contributed by atoms with Gasteiger partial charge in [-0.25, -0.2) is 17.4 Å². The summed E-state index contributed by atoms with van der Waals surface area (Å²) in [5, 5.41) is 14.0. The highest BCUT2D eigenvalue weighted by atomic mass is 32.2. The summed E-state index contributed by atoms with van der Waals surface area (Å²) in [6, 6.07) is 18.3. The second-order valence-electron chi connectivity index (χ2n) is 8.52. The number of pyridine rings is 1. The number of aryl methyl sites for hydroxylation is 3. The summed E-state index contributed by atoms with van der Waals surface area (Å²) in [4.78, 5) is 6.05. The van der Waals surface area contributed by atoms with Crippen LogP contribution < -0.4 is 0 Å². The van der Waals surface area contributed by atoms with Crippen LogP contribution in [0.2, 0.25) is 0 Å². The molecular weight excluding hydrogens is 462 g/mol. The largest absolute Gasteiger partial charge is 0.350 e. The topological polar surface area (TPSA) is 100 Å². The van der Waals surface area contributed by atoms with Gasteiger partial charge in [-0.2, -0.15) is 4.80 Å². The van der Waals surface area contributed by atoms with Crippen molar-refractivity contribution >= 4 is 32.0 Å². The molecule has 2 aromatic carbocycles. The van der Waals surface area contributed by atoms with Crippen molar-refractivity contribution in [3.63, 3.8) is 0 Å². The molecule has 0 aliphatic heterocycles. The normalized spacial score (nSPS) is 12.1. The fraction of sp³-hybridized carbons (Fsp3) is 0.120. The highest BCUT2D eigenvalue weighted by Crippen LogP contribution is 2.37. The van der Waals surface area contributed by atoms with Crippen LogP contribution in [0, 0.1) is 6.92 Å². The molecule has 0 fully saturated rings. The molecule has 6 rings (SSSR count). The third kappa shape index (κ3) is 3.33. The van der Waals surface area contributed by atoms with Gasteiger partial charge in [-0.1, -0.05) is 17.7 Å². The van der Waals surface area contributed by atoms with Crippen molar-refractivity contribution in [2.75, 3.05) is 0 Å². The zero-order chi connectivity index (χ0) is 24.3. The molecule has 9 nitrogen and oxygen atoms in total. The molecule has 0 radical (unpaired) electrons. The van der Waals surface area contributed by atoms with E-state index in [0.717, 1.165) is 33.0 Å². The van der Waals surface area contributed by atoms with Crippen molar-refractivity contribution in [3.05, 3.63) is 78.6 Å². The number of hydrogen-bond donors (Lipinski definition) is 0. The Bertz CT molecular complexity index is 1840. The van der Waals surface area contributed by atoms with Crippen LogP contribution in [0.3, 0.4) is 0 Å². The van der Waals surface area contributed by atoms with Crippen molar-refractivity contribution < 1.29 is 8.42 Å². The summed E-state index contributed by atoms with van der Waals surface area (Å²) in [6.07, 6.45) is 3.54. The highest BCUT2D eigenvalue weighted by molar-refractivity contribution is 7.90. The summed E-state index contributed by atoms with van der Waals surface area (Å²) in [6.45, 7) is 1.92. The Labute approximate surface area is 201 Å². The van der Waals surface area contributed by atoms with Gasteiger partial charge in [0.1, 0.15) is 0 Å². The Balaban J connectivity index is 1.65. The van der Waals surface area contributed by atoms with E-state index in [1.165, 1.54) is 8.77 Å². The zero-order valence-corrected chi connectivity index (χ0v) is 20.1. The van der Waals surface area contributed by atoms with E-state index in [1.807, 2.05) is 55.1 Å². The first-order valence-electron chi connectivity index (χ1n) is 11.0. The Hall–Kier alpha value is -4.31. The summed E-state index contributed by atoms with van der Waals surface area (Å²) < 4.78 is 31.2. The smallest absolute Gasteiger partial charge is 0.269 e. The van der Waals surface area contributed by atoms with Gasteiger partial charge in [0.25, 0.3) is 10.0 Å². The van der Waals surface area contributed by atoms with E-state index in [4.69, 9.17) is 0 Å². The van der Waals surface area contributed by atoms with Crippen molar-refractivity contribution in [2.45, 2.75) is 11.8 Å². The van der Waals surface area contributed by atoms with Crippen LogP contribution >= 0.6 is 0 Å². The van der Waals surface area contributed by atoms with Crippen molar-refractivity contribution in [3.8, 4) is 22.6 Å². The maximum absolute atomic E-state index is 13.9. The van der Waals surface area contributed by atoms with E-state index in [2.05, 4.69) is 20.4 Å². The van der Waals surface area contributed by atoms with Crippen LogP contribution in [-0.4, -0.2) is 42.1 Å². The van der Waals surface area contributed by atoms with E-state index in [1.54, 1.807) is 43.6 Å². The minimum absolute atomic E-state index is 0.206. The van der Waals surface area contributed by atoms with Crippen LogP contribution in [0.1, 0.15) is 5.56 Å². The second kappa shape index (κ2) is 7.60. The molecule has 0 aliphatic rings. The Morgan fingerprint density at radius 1 is 0.943 bits per heavy atom. The van der Waals surface area contributed by atoms with Crippen LogP contribution in [0.25, 0.3) is 44.6 Å². The van der Waals surface area contributed by atoms with E-state index >= 15 is 0 Å². The Morgan fingerprint density at radius 3 is 2.49 bits per heavy atom. The predicted molar refractivity (Wildman–Crippen MR) is 133 cm³/mol. The summed E-state index contributed by atoms with van der Waals surface area (Å²) in [5.74, 6) is 0.499. The van der Waals surface area contributed by atoms with E-state index in [0.29, 0.717) is 17.2 Å². The van der Waals surface area contributed by atoms with Gasteiger partial charge in [0, 0.05) is 46.9 Å². The van der Waals surface area contributed by atoms with Gasteiger partial charge >= 0.3 is 0 Å². The Morgan fingerprint density at radius 2 is 1.74 bits per heavy atom. The molecule has 0 aliphatic carbocycles. The van der Waals surface area contributed by atoms with Crippen molar-refractivity contribution in [1.82, 2.24) is 33.7 Å². The highest BCUT2D eigenvalue weighted by Gasteiger charge is 2.26. The third-order valence-electron chi connectivity index (χ3n) is 6.11. The number of fused-ring (bicyclic) bond motifs is 2. The molecule has 0 atom stereocenters. The molecule has 174 valence electrons. The van der Waals surface area contributed by atoms with Gasteiger partial charge in [0.15, 0.2) is 5.65 Å². The quantitative estimate of drug-likeness (QED) is 0.377. The lowest BCUT2D eigenvalue weighted by atomic mass is 10.1. The molecule has 0 saturated heterocycles. The van der Waals surface area contributed by atoms with Gasteiger partial charge in [0.2, 0.25) is 5.82 Å². The molecule has 0 N–H and O–H groups in total. The lowest BCUT2D eigenvalue weighted by Gasteiger charge is -2.11. The minimum atomic E-state index is -3.93. The van der Waals surface area contributed by atoms with Gasteiger partial charge in [-0.15, -0.1) is 10.2 Å². The number of aromatic nitrogens is 7. The average Bonchev–Trinajstić information content (AvgIpc) is 3.54. The number of benzene rings is 2. The van der Waals surface area contributed by atoms with Gasteiger partial charge in [0.05, 0.1) is 17.6 Å². The first-order chi connectivity index (χ1) is 16.8. The fourth-order valence-corrected chi connectivity index (χ4v) is 5.87. The predicted octanol–water partition coefficient (Wildman–Crippen LogP) is 3.93. The van der Waals surface area contributed by atoms with Gasteiger partial charge in [-0.3, -0.25) is 0 Å². The standard InChI is InChI=1S/C25H21N7O2S/c1-16-6-9-19(10-7-16)35(33,34)32-23(14-18-5-4-12-26-25(18)32)21-15-30(2)22-11-8-17(13-20(21)22)24-27-29-31(3)28-24/h4-15H,1-3H3. The van der Waals surface area contributed by atoms with E-state index in [9.17, 15) is 8.42 Å². The first kappa shape index (κ1) is 21.2. The van der Waals surface area contributed by atoms with Crippen LogP contribution in [0.4, 0.5) is 0 Å². The van der Waals surface area contributed by atoms with Crippen molar-refractivity contribution in [2.24, 2.45) is 14.1 Å². The molecular formula is C25H21N7O2S. The molecule has 35 heavy (non-hydrogen) atoms. The summed E-state index contributed by atoms with van der Waals surface area (Å²) in [7, 11) is -0.280. The summed E-state index contributed by atoms with van der Waals surface area (Å²) >= 11 is 0. The van der Waals surface area contributed by atoms with E-state index in [-0.39, 0.29) is 4.90 Å². The SMILES string of the molecule is Cc1ccc(S(=O)(=O)n2c(-c3cn(C)c4ccc(-c5nnn(C)n5)cc34)cc3cccnc32)cc1. The molecule has 0 unspecified atom stereocenters. The molecule has 4 aromatic heterocycles. The molecule has 0 bridgehead atoms. The number of hydrogen-bond acceptors (Lipinski definition) is 6. The number of nitrogens with zero attached hydrogens (tertiary/aromatic N) is 7. The van der Waals surface area contributed by atoms with Crippen LogP contribution in [0.5, 0.6) is 0 Å². The number of rotatable bonds is 4.